The van der Waals surface area contributed by atoms with Gasteiger partial charge in [-0.05, 0) is 86.0 Å². The van der Waals surface area contributed by atoms with E-state index in [1.807, 2.05) is 6.92 Å². The molecule has 2 aromatic rings. The SMILES string of the molecule is COc1cc2c(cc1CCC(=O)Nc1ncc(C)s1)C1CC[C@]3(C)C(=O)CCC3C1CC2. The van der Waals surface area contributed by atoms with Crippen molar-refractivity contribution in [2.24, 2.45) is 17.3 Å². The monoisotopic (exact) mass is 452 g/mol. The van der Waals surface area contributed by atoms with Crippen molar-refractivity contribution >= 4 is 28.2 Å². The molecule has 1 N–H and O–H groups in total. The summed E-state index contributed by atoms with van der Waals surface area (Å²) in [6.45, 7) is 4.20. The lowest BCUT2D eigenvalue weighted by atomic mass is 9.55. The van der Waals surface area contributed by atoms with Crippen LogP contribution < -0.4 is 10.1 Å². The number of amides is 1. The summed E-state index contributed by atoms with van der Waals surface area (Å²) in [4.78, 5) is 30.4. The molecule has 3 aliphatic rings. The second-order valence-corrected chi connectivity index (χ2v) is 11.3. The molecule has 1 aromatic heterocycles. The molecule has 0 spiro atoms. The Balaban J connectivity index is 1.35. The Bertz CT molecular complexity index is 1060. The van der Waals surface area contributed by atoms with Gasteiger partial charge in [-0.15, -0.1) is 11.3 Å². The van der Waals surface area contributed by atoms with Crippen LogP contribution in [-0.4, -0.2) is 23.8 Å². The van der Waals surface area contributed by atoms with Crippen molar-refractivity contribution in [2.45, 2.75) is 71.1 Å². The summed E-state index contributed by atoms with van der Waals surface area (Å²) >= 11 is 1.49. The van der Waals surface area contributed by atoms with E-state index >= 15 is 0 Å². The van der Waals surface area contributed by atoms with E-state index in [4.69, 9.17) is 4.74 Å². The van der Waals surface area contributed by atoms with Crippen molar-refractivity contribution in [2.75, 3.05) is 12.4 Å². The number of nitrogens with zero attached hydrogens (tertiary/aromatic N) is 1. The van der Waals surface area contributed by atoms with Crippen molar-refractivity contribution in [3.8, 4) is 5.75 Å². The Kier molecular flexibility index (Phi) is 5.60. The van der Waals surface area contributed by atoms with Crippen LogP contribution in [0.25, 0.3) is 0 Å². The van der Waals surface area contributed by atoms with Crippen LogP contribution in [0.2, 0.25) is 0 Å². The third-order valence-corrected chi connectivity index (χ3v) is 9.15. The van der Waals surface area contributed by atoms with Gasteiger partial charge in [-0.3, -0.25) is 9.59 Å². The van der Waals surface area contributed by atoms with Crippen LogP contribution in [0.5, 0.6) is 5.75 Å². The maximum atomic E-state index is 12.6. The lowest BCUT2D eigenvalue weighted by molar-refractivity contribution is -0.129. The van der Waals surface area contributed by atoms with Crippen LogP contribution in [0.15, 0.2) is 18.3 Å². The number of methoxy groups -OCH3 is 1. The van der Waals surface area contributed by atoms with Crippen LogP contribution in [0.1, 0.15) is 72.9 Å². The summed E-state index contributed by atoms with van der Waals surface area (Å²) in [7, 11) is 1.71. The first-order valence-electron chi connectivity index (χ1n) is 11.8. The molecule has 170 valence electrons. The predicted octanol–water partition coefficient (Wildman–Crippen LogP) is 5.46. The van der Waals surface area contributed by atoms with Gasteiger partial charge in [0.05, 0.1) is 7.11 Å². The van der Waals surface area contributed by atoms with Crippen molar-refractivity contribution in [3.63, 3.8) is 0 Å². The molecule has 2 saturated carbocycles. The highest BCUT2D eigenvalue weighted by molar-refractivity contribution is 7.15. The van der Waals surface area contributed by atoms with Gasteiger partial charge in [0.2, 0.25) is 5.91 Å². The highest BCUT2D eigenvalue weighted by atomic mass is 32.1. The first-order chi connectivity index (χ1) is 15.4. The van der Waals surface area contributed by atoms with Gasteiger partial charge in [0.1, 0.15) is 11.5 Å². The van der Waals surface area contributed by atoms with E-state index in [1.54, 1.807) is 13.3 Å². The minimum absolute atomic E-state index is 0.0186. The maximum absolute atomic E-state index is 12.6. The van der Waals surface area contributed by atoms with E-state index in [1.165, 1.54) is 28.9 Å². The number of thiazole rings is 1. The fourth-order valence-corrected chi connectivity index (χ4v) is 7.33. The molecule has 3 unspecified atom stereocenters. The summed E-state index contributed by atoms with van der Waals surface area (Å²) in [5.74, 6) is 3.01. The number of ketones is 1. The normalized spacial score (nSPS) is 28.6. The number of aromatic nitrogens is 1. The second-order valence-electron chi connectivity index (χ2n) is 10.0. The van der Waals surface area contributed by atoms with Gasteiger partial charge in [-0.1, -0.05) is 13.0 Å². The Morgan fingerprint density at radius 3 is 2.88 bits per heavy atom. The number of nitrogens with one attached hydrogen (secondary N) is 1. The zero-order chi connectivity index (χ0) is 22.5. The van der Waals surface area contributed by atoms with Crippen LogP contribution in [0.4, 0.5) is 5.13 Å². The van der Waals surface area contributed by atoms with Crippen molar-refractivity contribution in [3.05, 3.63) is 39.9 Å². The van der Waals surface area contributed by atoms with Crippen LogP contribution in [0, 0.1) is 24.2 Å². The summed E-state index contributed by atoms with van der Waals surface area (Å²) in [5.41, 5.74) is 3.84. The molecule has 1 heterocycles. The van der Waals surface area contributed by atoms with Crippen LogP contribution in [0.3, 0.4) is 0 Å². The molecule has 5 rings (SSSR count). The zero-order valence-electron chi connectivity index (χ0n) is 19.2. The molecule has 0 saturated heterocycles. The van der Waals surface area contributed by atoms with Crippen LogP contribution in [-0.2, 0) is 22.4 Å². The molecule has 2 fully saturated rings. The lowest BCUT2D eigenvalue weighted by Gasteiger charge is -2.48. The third kappa shape index (κ3) is 3.66. The van der Waals surface area contributed by atoms with Gasteiger partial charge in [0.25, 0.3) is 0 Å². The standard InChI is InChI=1S/C26H32N2O3S/c1-15-14-27-25(32-15)28-24(30)9-5-17-12-20-16(13-22(17)31-3)4-6-19-18(20)10-11-26(2)21(19)7-8-23(26)29/h12-14,18-19,21H,4-11H2,1-3H3,(H,27,28,30)/t18?,19?,21?,26-/m0/s1. The molecule has 0 bridgehead atoms. The number of Topliss-reactive ketones (excluding diaryl/α,β-unsaturated/α-hetero) is 1. The Hall–Kier alpha value is -2.21. The molecule has 32 heavy (non-hydrogen) atoms. The fourth-order valence-electron chi connectivity index (χ4n) is 6.64. The van der Waals surface area contributed by atoms with Gasteiger partial charge >= 0.3 is 0 Å². The summed E-state index contributed by atoms with van der Waals surface area (Å²) in [5, 5.41) is 3.56. The smallest absolute Gasteiger partial charge is 0.226 e. The molecule has 3 aliphatic carbocycles. The number of hydrogen-bond donors (Lipinski definition) is 1. The molecule has 6 heteroatoms. The first-order valence-corrected chi connectivity index (χ1v) is 12.7. The largest absolute Gasteiger partial charge is 0.496 e. The number of anilines is 1. The average Bonchev–Trinajstić information content (AvgIpc) is 3.33. The Morgan fingerprint density at radius 1 is 1.28 bits per heavy atom. The van der Waals surface area contributed by atoms with Gasteiger partial charge in [0.15, 0.2) is 5.13 Å². The Labute approximate surface area is 194 Å². The predicted molar refractivity (Wildman–Crippen MR) is 126 cm³/mol. The van der Waals surface area contributed by atoms with E-state index in [0.29, 0.717) is 41.5 Å². The highest BCUT2D eigenvalue weighted by Gasteiger charge is 2.54. The van der Waals surface area contributed by atoms with E-state index < -0.39 is 0 Å². The number of carbonyl (C=O) groups is 2. The quantitative estimate of drug-likeness (QED) is 0.654. The summed E-state index contributed by atoms with van der Waals surface area (Å²) in [6.07, 6.45) is 8.96. The van der Waals surface area contributed by atoms with Gasteiger partial charge in [-0.2, -0.15) is 0 Å². The van der Waals surface area contributed by atoms with Gasteiger partial charge in [0, 0.05) is 29.3 Å². The molecule has 5 nitrogen and oxygen atoms in total. The maximum Gasteiger partial charge on any atom is 0.226 e. The lowest BCUT2D eigenvalue weighted by Crippen LogP contribution is -2.42. The van der Waals surface area contributed by atoms with Crippen molar-refractivity contribution < 1.29 is 14.3 Å². The molecular weight excluding hydrogens is 420 g/mol. The third-order valence-electron chi connectivity index (χ3n) is 8.32. The van der Waals surface area contributed by atoms with Crippen molar-refractivity contribution in [1.29, 1.82) is 0 Å². The fraction of sp³-hybridized carbons (Fsp3) is 0.577. The Morgan fingerprint density at radius 2 is 2.12 bits per heavy atom. The topological polar surface area (TPSA) is 68.3 Å². The summed E-state index contributed by atoms with van der Waals surface area (Å²) < 4.78 is 5.71. The minimum atomic E-state index is -0.0970. The minimum Gasteiger partial charge on any atom is -0.496 e. The van der Waals surface area contributed by atoms with Crippen molar-refractivity contribution in [1.82, 2.24) is 4.98 Å². The number of ether oxygens (including phenoxy) is 1. The van der Waals surface area contributed by atoms with E-state index in [-0.39, 0.29) is 11.3 Å². The van der Waals surface area contributed by atoms with Crippen LogP contribution >= 0.6 is 11.3 Å². The zero-order valence-corrected chi connectivity index (χ0v) is 20.0. The number of benzene rings is 1. The number of carbonyl (C=O) groups excluding carboxylic acids is 2. The van der Waals surface area contributed by atoms with E-state index in [2.05, 4.69) is 29.4 Å². The highest BCUT2D eigenvalue weighted by Crippen LogP contribution is 2.59. The molecule has 0 radical (unpaired) electrons. The number of fused-ring (bicyclic) bond motifs is 5. The molecular formula is C26H32N2O3S. The first kappa shape index (κ1) is 21.6. The van der Waals surface area contributed by atoms with E-state index in [9.17, 15) is 9.59 Å². The average molecular weight is 453 g/mol. The number of hydrogen-bond acceptors (Lipinski definition) is 5. The second kappa shape index (κ2) is 8.29. The molecule has 0 aliphatic heterocycles. The molecule has 4 atom stereocenters. The molecule has 1 aromatic carbocycles. The molecule has 1 amide bonds. The van der Waals surface area contributed by atoms with Gasteiger partial charge < -0.3 is 10.1 Å². The number of aryl methyl sites for hydroxylation is 3. The van der Waals surface area contributed by atoms with Gasteiger partial charge in [-0.25, -0.2) is 4.98 Å². The van der Waals surface area contributed by atoms with E-state index in [0.717, 1.165) is 48.3 Å². The number of rotatable bonds is 5. The summed E-state index contributed by atoms with van der Waals surface area (Å²) in [6, 6.07) is 4.52.